The number of nitrogens with one attached hydrogen (secondary N) is 2. The van der Waals surface area contributed by atoms with Gasteiger partial charge in [-0.1, -0.05) is 41.9 Å². The average Bonchev–Trinajstić information content (AvgIpc) is 2.54. The van der Waals surface area contributed by atoms with Gasteiger partial charge in [-0.05, 0) is 42.4 Å². The van der Waals surface area contributed by atoms with Gasteiger partial charge in [0.15, 0.2) is 5.11 Å². The molecule has 6 heteroatoms. The highest BCUT2D eigenvalue weighted by atomic mass is 35.5. The fraction of sp³-hybridized carbons (Fsp3) is 0.176. The molecule has 0 aliphatic rings. The molecule has 0 aliphatic heterocycles. The van der Waals surface area contributed by atoms with Gasteiger partial charge in [0.05, 0.1) is 12.1 Å². The van der Waals surface area contributed by atoms with Crippen LogP contribution in [-0.2, 0) is 11.2 Å². The van der Waals surface area contributed by atoms with E-state index in [1.165, 1.54) is 0 Å². The minimum Gasteiger partial charge on any atom is -0.495 e. The van der Waals surface area contributed by atoms with Crippen molar-refractivity contribution in [1.82, 2.24) is 5.32 Å². The summed E-state index contributed by atoms with van der Waals surface area (Å²) in [7, 11) is 1.55. The molecule has 0 unspecified atom stereocenters. The van der Waals surface area contributed by atoms with Gasteiger partial charge in [-0.25, -0.2) is 0 Å². The molecule has 2 rings (SSSR count). The fourth-order valence-electron chi connectivity index (χ4n) is 2.00. The van der Waals surface area contributed by atoms with Crippen LogP contribution in [0.2, 0.25) is 5.02 Å². The first-order chi connectivity index (χ1) is 11.1. The first kappa shape index (κ1) is 17.2. The number of amides is 1. The van der Waals surface area contributed by atoms with Crippen LogP contribution in [0.1, 0.15) is 12.0 Å². The van der Waals surface area contributed by atoms with Gasteiger partial charge in [-0.2, -0.15) is 0 Å². The zero-order valence-corrected chi connectivity index (χ0v) is 14.2. The van der Waals surface area contributed by atoms with Crippen LogP contribution in [-0.4, -0.2) is 18.1 Å². The highest BCUT2D eigenvalue weighted by Crippen LogP contribution is 2.27. The van der Waals surface area contributed by atoms with E-state index in [2.05, 4.69) is 10.6 Å². The van der Waals surface area contributed by atoms with E-state index in [0.29, 0.717) is 29.3 Å². The van der Waals surface area contributed by atoms with Crippen molar-refractivity contribution in [2.75, 3.05) is 12.4 Å². The van der Waals surface area contributed by atoms with Crippen LogP contribution in [0.15, 0.2) is 48.5 Å². The van der Waals surface area contributed by atoms with Gasteiger partial charge in [-0.15, -0.1) is 0 Å². The van der Waals surface area contributed by atoms with Crippen LogP contribution in [0.25, 0.3) is 0 Å². The summed E-state index contributed by atoms with van der Waals surface area (Å²) in [6, 6.07) is 15.0. The molecule has 2 aromatic rings. The number of rotatable bonds is 5. The molecule has 0 heterocycles. The normalized spacial score (nSPS) is 10.0. The lowest BCUT2D eigenvalue weighted by Gasteiger charge is -2.11. The van der Waals surface area contributed by atoms with Gasteiger partial charge >= 0.3 is 0 Å². The quantitative estimate of drug-likeness (QED) is 0.807. The molecule has 2 aromatic carbocycles. The number of anilines is 1. The Morgan fingerprint density at radius 1 is 1.22 bits per heavy atom. The molecule has 4 nitrogen and oxygen atoms in total. The van der Waals surface area contributed by atoms with E-state index >= 15 is 0 Å². The second-order valence-electron chi connectivity index (χ2n) is 4.84. The van der Waals surface area contributed by atoms with Gasteiger partial charge in [0.1, 0.15) is 5.75 Å². The summed E-state index contributed by atoms with van der Waals surface area (Å²) >= 11 is 11.2. The maximum Gasteiger partial charge on any atom is 0.226 e. The van der Waals surface area contributed by atoms with Gasteiger partial charge in [0.25, 0.3) is 0 Å². The Kier molecular flexibility index (Phi) is 6.38. The highest BCUT2D eigenvalue weighted by molar-refractivity contribution is 7.80. The first-order valence-corrected chi connectivity index (χ1v) is 7.85. The summed E-state index contributed by atoms with van der Waals surface area (Å²) in [6.45, 7) is 0. The van der Waals surface area contributed by atoms with Gasteiger partial charge < -0.3 is 15.4 Å². The predicted molar refractivity (Wildman–Crippen MR) is 97.1 cm³/mol. The molecule has 0 saturated carbocycles. The molecule has 0 aromatic heterocycles. The molecule has 23 heavy (non-hydrogen) atoms. The Hall–Kier alpha value is -2.11. The third-order valence-electron chi connectivity index (χ3n) is 3.15. The van der Waals surface area contributed by atoms with Crippen molar-refractivity contribution >= 4 is 40.5 Å². The molecule has 0 bridgehead atoms. The summed E-state index contributed by atoms with van der Waals surface area (Å²) in [4.78, 5) is 11.9. The maximum atomic E-state index is 11.9. The number of thiocarbonyl (C=S) groups is 1. The van der Waals surface area contributed by atoms with Crippen molar-refractivity contribution in [2.24, 2.45) is 0 Å². The van der Waals surface area contributed by atoms with Crippen molar-refractivity contribution in [1.29, 1.82) is 0 Å². The van der Waals surface area contributed by atoms with Crippen molar-refractivity contribution in [3.8, 4) is 5.75 Å². The third-order valence-corrected chi connectivity index (χ3v) is 3.65. The van der Waals surface area contributed by atoms with Crippen molar-refractivity contribution in [3.63, 3.8) is 0 Å². The van der Waals surface area contributed by atoms with E-state index in [9.17, 15) is 4.79 Å². The lowest BCUT2D eigenvalue weighted by Crippen LogP contribution is -2.34. The Morgan fingerprint density at radius 3 is 2.61 bits per heavy atom. The molecule has 0 aliphatic carbocycles. The number of benzene rings is 2. The Balaban J connectivity index is 1.82. The van der Waals surface area contributed by atoms with Crippen molar-refractivity contribution in [3.05, 3.63) is 59.1 Å². The number of ether oxygens (including phenoxy) is 1. The highest BCUT2D eigenvalue weighted by Gasteiger charge is 2.07. The second kappa shape index (κ2) is 8.50. The summed E-state index contributed by atoms with van der Waals surface area (Å²) in [5.74, 6) is 0.445. The van der Waals surface area contributed by atoms with Crippen LogP contribution < -0.4 is 15.4 Å². The van der Waals surface area contributed by atoms with Crippen LogP contribution >= 0.6 is 23.8 Å². The standard InChI is InChI=1S/C17H17ClN2O2S/c1-22-15-9-8-13(11-14(15)18)19-17(23)20-16(21)10-7-12-5-3-2-4-6-12/h2-6,8-9,11H,7,10H2,1H3,(H2,19,20,21,23). The zero-order chi connectivity index (χ0) is 16.7. The molecule has 0 fully saturated rings. The number of carbonyl (C=O) groups is 1. The molecule has 0 spiro atoms. The smallest absolute Gasteiger partial charge is 0.226 e. The summed E-state index contributed by atoms with van der Waals surface area (Å²) < 4.78 is 5.08. The minimum absolute atomic E-state index is 0.133. The number of aryl methyl sites for hydroxylation is 1. The Bertz CT molecular complexity index is 692. The van der Waals surface area contributed by atoms with E-state index in [0.717, 1.165) is 5.56 Å². The van der Waals surface area contributed by atoms with E-state index in [1.807, 2.05) is 30.3 Å². The molecular formula is C17H17ClN2O2S. The maximum absolute atomic E-state index is 11.9. The van der Waals surface area contributed by atoms with Crippen LogP contribution in [0.3, 0.4) is 0 Å². The molecule has 1 amide bonds. The Labute approximate surface area is 145 Å². The average molecular weight is 349 g/mol. The van der Waals surface area contributed by atoms with E-state index in [-0.39, 0.29) is 11.0 Å². The lowest BCUT2D eigenvalue weighted by atomic mass is 10.1. The fourth-order valence-corrected chi connectivity index (χ4v) is 2.49. The van der Waals surface area contributed by atoms with Crippen molar-refractivity contribution in [2.45, 2.75) is 12.8 Å². The predicted octanol–water partition coefficient (Wildman–Crippen LogP) is 3.79. The largest absolute Gasteiger partial charge is 0.495 e. The Morgan fingerprint density at radius 2 is 1.96 bits per heavy atom. The van der Waals surface area contributed by atoms with Gasteiger partial charge in [0.2, 0.25) is 5.91 Å². The molecule has 0 radical (unpaired) electrons. The summed E-state index contributed by atoms with van der Waals surface area (Å²) in [5.41, 5.74) is 1.80. The number of carbonyl (C=O) groups excluding carboxylic acids is 1. The number of halogens is 1. The molecule has 0 saturated heterocycles. The summed E-state index contributed by atoms with van der Waals surface area (Å²) in [5, 5.41) is 6.28. The van der Waals surface area contributed by atoms with E-state index in [4.69, 9.17) is 28.6 Å². The molecule has 120 valence electrons. The van der Waals surface area contributed by atoms with Crippen LogP contribution in [0.4, 0.5) is 5.69 Å². The van der Waals surface area contributed by atoms with Crippen molar-refractivity contribution < 1.29 is 9.53 Å². The summed E-state index contributed by atoms with van der Waals surface area (Å²) in [6.07, 6.45) is 1.04. The van der Waals surface area contributed by atoms with Crippen LogP contribution in [0, 0.1) is 0 Å². The first-order valence-electron chi connectivity index (χ1n) is 7.07. The van der Waals surface area contributed by atoms with Gasteiger partial charge in [0, 0.05) is 12.1 Å². The number of hydrogen-bond donors (Lipinski definition) is 2. The van der Waals surface area contributed by atoms with Crippen LogP contribution in [0.5, 0.6) is 5.75 Å². The van der Waals surface area contributed by atoms with E-state index < -0.39 is 0 Å². The SMILES string of the molecule is COc1ccc(NC(=S)NC(=O)CCc2ccccc2)cc1Cl. The zero-order valence-electron chi connectivity index (χ0n) is 12.6. The molecular weight excluding hydrogens is 332 g/mol. The monoisotopic (exact) mass is 348 g/mol. The molecule has 2 N–H and O–H groups in total. The topological polar surface area (TPSA) is 50.4 Å². The number of hydrogen-bond acceptors (Lipinski definition) is 3. The molecule has 0 atom stereocenters. The lowest BCUT2D eigenvalue weighted by molar-refractivity contribution is -0.119. The number of methoxy groups -OCH3 is 1. The second-order valence-corrected chi connectivity index (χ2v) is 5.65. The minimum atomic E-state index is -0.133. The third kappa shape index (κ3) is 5.54. The van der Waals surface area contributed by atoms with Gasteiger partial charge in [-0.3, -0.25) is 4.79 Å². The van der Waals surface area contributed by atoms with E-state index in [1.54, 1.807) is 25.3 Å².